The van der Waals surface area contributed by atoms with E-state index in [0.29, 0.717) is 0 Å². The number of hydrogen-bond donors (Lipinski definition) is 1. The molecule has 1 nitrogen and oxygen atoms in total. The Morgan fingerprint density at radius 3 is 3.08 bits per heavy atom. The first kappa shape index (κ1) is 10.1. The smallest absolute Gasteiger partial charge is 0.0211 e. The Balaban J connectivity index is 2.22. The van der Waals surface area contributed by atoms with Crippen LogP contribution in [0, 0.1) is 0 Å². The van der Waals surface area contributed by atoms with Crippen LogP contribution < -0.4 is 5.32 Å². The molecule has 0 amide bonds. The summed E-state index contributed by atoms with van der Waals surface area (Å²) in [5.41, 5.74) is 1.09. The molecule has 0 aliphatic carbocycles. The molecule has 0 unspecified atom stereocenters. The average Bonchev–Trinajstić information content (AvgIpc) is 2.57. The second-order valence-electron chi connectivity index (χ2n) is 2.86. The second-order valence-corrected chi connectivity index (χ2v) is 3.90. The van der Waals surface area contributed by atoms with Crippen LogP contribution in [0.4, 0.5) is 0 Å². The van der Waals surface area contributed by atoms with Gasteiger partial charge in [0.1, 0.15) is 0 Å². The maximum absolute atomic E-state index is 3.96. The summed E-state index contributed by atoms with van der Waals surface area (Å²) in [6.45, 7) is 8.57. The standard InChI is InChI=1S/C11H15NS/c1-3-4-7-12-10(2)9-11-6-5-8-13-11/h3,5-6,8,12H,1-2,4,7,9H2. The van der Waals surface area contributed by atoms with Crippen molar-refractivity contribution in [2.45, 2.75) is 12.8 Å². The molecular formula is C11H15NS. The van der Waals surface area contributed by atoms with Crippen LogP contribution in [-0.2, 0) is 6.42 Å². The molecule has 0 fully saturated rings. The van der Waals surface area contributed by atoms with E-state index in [2.05, 4.69) is 36.0 Å². The van der Waals surface area contributed by atoms with E-state index >= 15 is 0 Å². The molecule has 0 aliphatic heterocycles. The maximum atomic E-state index is 3.96. The lowest BCUT2D eigenvalue weighted by atomic mass is 10.3. The summed E-state index contributed by atoms with van der Waals surface area (Å²) in [4.78, 5) is 1.36. The van der Waals surface area contributed by atoms with Crippen molar-refractivity contribution in [3.8, 4) is 0 Å². The first-order valence-electron chi connectivity index (χ1n) is 4.38. The van der Waals surface area contributed by atoms with E-state index < -0.39 is 0 Å². The highest BCUT2D eigenvalue weighted by Gasteiger charge is 1.96. The molecule has 0 spiro atoms. The first-order chi connectivity index (χ1) is 6.33. The molecule has 13 heavy (non-hydrogen) atoms. The monoisotopic (exact) mass is 193 g/mol. The summed E-state index contributed by atoms with van der Waals surface area (Å²) >= 11 is 1.77. The molecule has 70 valence electrons. The summed E-state index contributed by atoms with van der Waals surface area (Å²) in [6, 6.07) is 4.20. The van der Waals surface area contributed by atoms with Crippen LogP contribution in [0.25, 0.3) is 0 Å². The van der Waals surface area contributed by atoms with Gasteiger partial charge in [0.2, 0.25) is 0 Å². The number of nitrogens with one attached hydrogen (secondary N) is 1. The summed E-state index contributed by atoms with van der Waals surface area (Å²) in [7, 11) is 0. The lowest BCUT2D eigenvalue weighted by molar-refractivity contribution is 0.784. The van der Waals surface area contributed by atoms with E-state index in [-0.39, 0.29) is 0 Å². The fraction of sp³-hybridized carbons (Fsp3) is 0.273. The molecule has 1 rings (SSSR count). The number of allylic oxidation sites excluding steroid dienone is 1. The van der Waals surface area contributed by atoms with E-state index in [4.69, 9.17) is 0 Å². The van der Waals surface area contributed by atoms with E-state index in [0.717, 1.165) is 25.1 Å². The van der Waals surface area contributed by atoms with Crippen molar-refractivity contribution in [2.24, 2.45) is 0 Å². The number of rotatable bonds is 6. The van der Waals surface area contributed by atoms with Crippen molar-refractivity contribution in [2.75, 3.05) is 6.54 Å². The fourth-order valence-corrected chi connectivity index (χ4v) is 1.78. The molecule has 0 saturated carbocycles. The zero-order chi connectivity index (χ0) is 9.52. The molecule has 1 N–H and O–H groups in total. The third-order valence-electron chi connectivity index (χ3n) is 1.69. The van der Waals surface area contributed by atoms with Gasteiger partial charge in [0.15, 0.2) is 0 Å². The van der Waals surface area contributed by atoms with Crippen LogP contribution in [0.5, 0.6) is 0 Å². The van der Waals surface area contributed by atoms with Crippen LogP contribution in [0.15, 0.2) is 42.4 Å². The summed E-state index contributed by atoms with van der Waals surface area (Å²) in [5.74, 6) is 0. The summed E-state index contributed by atoms with van der Waals surface area (Å²) < 4.78 is 0. The van der Waals surface area contributed by atoms with E-state index in [9.17, 15) is 0 Å². The van der Waals surface area contributed by atoms with Crippen LogP contribution in [-0.4, -0.2) is 6.54 Å². The van der Waals surface area contributed by atoms with E-state index in [1.165, 1.54) is 4.88 Å². The van der Waals surface area contributed by atoms with Gasteiger partial charge < -0.3 is 5.32 Å². The van der Waals surface area contributed by atoms with Gasteiger partial charge in [0.05, 0.1) is 0 Å². The van der Waals surface area contributed by atoms with Crippen LogP contribution in [0.1, 0.15) is 11.3 Å². The average molecular weight is 193 g/mol. The Morgan fingerprint density at radius 1 is 1.62 bits per heavy atom. The van der Waals surface area contributed by atoms with Gasteiger partial charge in [-0.2, -0.15) is 0 Å². The van der Waals surface area contributed by atoms with Crippen LogP contribution in [0.3, 0.4) is 0 Å². The predicted octanol–water partition coefficient (Wildman–Crippen LogP) is 2.97. The largest absolute Gasteiger partial charge is 0.388 e. The Labute approximate surface area is 83.8 Å². The van der Waals surface area contributed by atoms with Crippen molar-refractivity contribution in [1.29, 1.82) is 0 Å². The molecule has 0 saturated heterocycles. The van der Waals surface area contributed by atoms with E-state index in [1.54, 1.807) is 11.3 Å². The third-order valence-corrected chi connectivity index (χ3v) is 2.57. The topological polar surface area (TPSA) is 12.0 Å². The molecule has 0 radical (unpaired) electrons. The zero-order valence-electron chi connectivity index (χ0n) is 7.75. The minimum Gasteiger partial charge on any atom is -0.388 e. The zero-order valence-corrected chi connectivity index (χ0v) is 8.57. The minimum absolute atomic E-state index is 0.938. The molecular weight excluding hydrogens is 178 g/mol. The molecule has 0 aromatic carbocycles. The fourth-order valence-electron chi connectivity index (χ4n) is 1.04. The van der Waals surface area contributed by atoms with Gasteiger partial charge in [-0.15, -0.1) is 17.9 Å². The molecule has 1 aromatic heterocycles. The highest BCUT2D eigenvalue weighted by atomic mass is 32.1. The van der Waals surface area contributed by atoms with E-state index in [1.807, 2.05) is 6.08 Å². The lowest BCUT2D eigenvalue weighted by Crippen LogP contribution is -2.14. The normalized spacial score (nSPS) is 9.54. The molecule has 0 aliphatic rings. The molecule has 1 heterocycles. The SMILES string of the molecule is C=CCCNC(=C)Cc1cccs1. The van der Waals surface area contributed by atoms with Gasteiger partial charge in [0, 0.05) is 23.5 Å². The minimum atomic E-state index is 0.938. The van der Waals surface area contributed by atoms with Gasteiger partial charge in [0.25, 0.3) is 0 Å². The van der Waals surface area contributed by atoms with Gasteiger partial charge >= 0.3 is 0 Å². The van der Waals surface area contributed by atoms with Crippen LogP contribution >= 0.6 is 11.3 Å². The van der Waals surface area contributed by atoms with Crippen LogP contribution in [0.2, 0.25) is 0 Å². The summed E-state index contributed by atoms with van der Waals surface area (Å²) in [6.07, 6.45) is 3.84. The molecule has 0 atom stereocenters. The first-order valence-corrected chi connectivity index (χ1v) is 5.26. The second kappa shape index (κ2) is 5.60. The predicted molar refractivity (Wildman–Crippen MR) is 60.0 cm³/mol. The van der Waals surface area contributed by atoms with Crippen molar-refractivity contribution in [3.05, 3.63) is 47.3 Å². The summed E-state index contributed by atoms with van der Waals surface area (Å²) in [5, 5.41) is 5.35. The van der Waals surface area contributed by atoms with Gasteiger partial charge in [-0.1, -0.05) is 18.7 Å². The van der Waals surface area contributed by atoms with Gasteiger partial charge in [-0.25, -0.2) is 0 Å². The van der Waals surface area contributed by atoms with Gasteiger partial charge in [-0.05, 0) is 17.9 Å². The van der Waals surface area contributed by atoms with Gasteiger partial charge in [-0.3, -0.25) is 0 Å². The number of hydrogen-bond acceptors (Lipinski definition) is 2. The Hall–Kier alpha value is -1.02. The highest BCUT2D eigenvalue weighted by molar-refractivity contribution is 7.09. The maximum Gasteiger partial charge on any atom is 0.0211 e. The third kappa shape index (κ3) is 3.95. The Bertz CT molecular complexity index is 262. The van der Waals surface area contributed by atoms with Crippen molar-refractivity contribution >= 4 is 11.3 Å². The lowest BCUT2D eigenvalue weighted by Gasteiger charge is -2.06. The highest BCUT2D eigenvalue weighted by Crippen LogP contribution is 2.11. The molecule has 1 aromatic rings. The molecule has 0 bridgehead atoms. The number of thiophene rings is 1. The van der Waals surface area contributed by atoms with Crippen molar-refractivity contribution in [1.82, 2.24) is 5.32 Å². The Kier molecular flexibility index (Phi) is 4.33. The Morgan fingerprint density at radius 2 is 2.46 bits per heavy atom. The molecule has 2 heteroatoms. The van der Waals surface area contributed by atoms with Crippen molar-refractivity contribution < 1.29 is 0 Å². The van der Waals surface area contributed by atoms with Crippen molar-refractivity contribution in [3.63, 3.8) is 0 Å². The quantitative estimate of drug-likeness (QED) is 0.541.